The van der Waals surface area contributed by atoms with Crippen LogP contribution in [-0.4, -0.2) is 22.4 Å². The topological polar surface area (TPSA) is 61.2 Å². The van der Waals surface area contributed by atoms with Gasteiger partial charge in [-0.3, -0.25) is 4.79 Å². The van der Waals surface area contributed by atoms with Crippen LogP contribution in [0.15, 0.2) is 59.4 Å². The molecule has 0 aliphatic heterocycles. The molecule has 0 saturated carbocycles. The summed E-state index contributed by atoms with van der Waals surface area (Å²) in [6, 6.07) is 16.3. The largest absolute Gasteiger partial charge is 0.464 e. The second-order valence-corrected chi connectivity index (χ2v) is 5.49. The van der Waals surface area contributed by atoms with Crippen molar-refractivity contribution in [3.05, 3.63) is 65.0 Å². The van der Waals surface area contributed by atoms with E-state index in [0.717, 1.165) is 16.3 Å². The lowest BCUT2D eigenvalue weighted by Gasteiger charge is -2.13. The quantitative estimate of drug-likeness (QED) is 0.692. The highest BCUT2D eigenvalue weighted by Crippen LogP contribution is 2.22. The lowest BCUT2D eigenvalue weighted by atomic mass is 10.1. The normalized spacial score (nSPS) is 12.1. The van der Waals surface area contributed by atoms with E-state index in [-0.39, 0.29) is 12.2 Å². The minimum absolute atomic E-state index is 0.266. The molecule has 0 unspecified atom stereocenters. The van der Waals surface area contributed by atoms with Gasteiger partial charge in [0.05, 0.1) is 12.3 Å². The van der Waals surface area contributed by atoms with Crippen LogP contribution in [0.25, 0.3) is 22.0 Å². The Hall–Kier alpha value is -2.95. The van der Waals surface area contributed by atoms with Crippen molar-refractivity contribution in [1.29, 1.82) is 0 Å². The Kier molecular flexibility index (Phi) is 4.42. The van der Waals surface area contributed by atoms with E-state index >= 15 is 0 Å². The van der Waals surface area contributed by atoms with Gasteiger partial charge in [0, 0.05) is 11.6 Å². The Morgan fingerprint density at radius 1 is 1.12 bits per heavy atom. The van der Waals surface area contributed by atoms with Gasteiger partial charge >= 0.3 is 5.97 Å². The summed E-state index contributed by atoms with van der Waals surface area (Å²) in [4.78, 5) is 24.0. The maximum absolute atomic E-state index is 12.1. The highest BCUT2D eigenvalue weighted by molar-refractivity contribution is 5.86. The van der Waals surface area contributed by atoms with Crippen molar-refractivity contribution in [1.82, 2.24) is 9.78 Å². The van der Waals surface area contributed by atoms with Crippen LogP contribution in [-0.2, 0) is 9.53 Å². The zero-order valence-corrected chi connectivity index (χ0v) is 13.6. The van der Waals surface area contributed by atoms with Gasteiger partial charge in [0.1, 0.15) is 0 Å². The summed E-state index contributed by atoms with van der Waals surface area (Å²) in [7, 11) is 0. The van der Waals surface area contributed by atoms with E-state index in [9.17, 15) is 9.59 Å². The van der Waals surface area contributed by atoms with Crippen molar-refractivity contribution >= 4 is 16.7 Å². The minimum atomic E-state index is -0.766. The van der Waals surface area contributed by atoms with E-state index in [1.54, 1.807) is 19.9 Å². The van der Waals surface area contributed by atoms with Crippen LogP contribution in [0.2, 0.25) is 0 Å². The number of carbonyl (C=O) groups is 1. The maximum atomic E-state index is 12.1. The number of carbonyl (C=O) groups excluding carboxylic acids is 1. The molecule has 122 valence electrons. The first-order valence-corrected chi connectivity index (χ1v) is 7.86. The third-order valence-electron chi connectivity index (χ3n) is 3.86. The van der Waals surface area contributed by atoms with E-state index in [1.807, 2.05) is 42.5 Å². The number of rotatable bonds is 4. The zero-order chi connectivity index (χ0) is 17.1. The Morgan fingerprint density at radius 3 is 2.62 bits per heavy atom. The molecular formula is C19H18N2O3. The van der Waals surface area contributed by atoms with Crippen molar-refractivity contribution in [3.63, 3.8) is 0 Å². The van der Waals surface area contributed by atoms with Crippen LogP contribution in [0.3, 0.4) is 0 Å². The number of benzene rings is 2. The average Bonchev–Trinajstić information content (AvgIpc) is 2.61. The van der Waals surface area contributed by atoms with Crippen LogP contribution in [0, 0.1) is 0 Å². The van der Waals surface area contributed by atoms with E-state index in [2.05, 4.69) is 5.10 Å². The lowest BCUT2D eigenvalue weighted by Crippen LogP contribution is -2.31. The van der Waals surface area contributed by atoms with Crippen molar-refractivity contribution < 1.29 is 9.53 Å². The molecule has 0 aliphatic rings. The minimum Gasteiger partial charge on any atom is -0.464 e. The van der Waals surface area contributed by atoms with Crippen molar-refractivity contribution in [2.24, 2.45) is 0 Å². The van der Waals surface area contributed by atoms with Gasteiger partial charge < -0.3 is 4.74 Å². The summed E-state index contributed by atoms with van der Waals surface area (Å²) in [5, 5.41) is 6.58. The van der Waals surface area contributed by atoms with E-state index < -0.39 is 12.0 Å². The van der Waals surface area contributed by atoms with Gasteiger partial charge in [-0.05, 0) is 36.8 Å². The maximum Gasteiger partial charge on any atom is 0.330 e. The summed E-state index contributed by atoms with van der Waals surface area (Å²) in [6.45, 7) is 3.60. The Morgan fingerprint density at radius 2 is 1.88 bits per heavy atom. The van der Waals surface area contributed by atoms with Gasteiger partial charge in [0.15, 0.2) is 6.04 Å². The van der Waals surface area contributed by atoms with Crippen LogP contribution in [0.4, 0.5) is 0 Å². The second-order valence-electron chi connectivity index (χ2n) is 5.49. The predicted molar refractivity (Wildman–Crippen MR) is 92.8 cm³/mol. The molecule has 0 amide bonds. The summed E-state index contributed by atoms with van der Waals surface area (Å²) in [5.41, 5.74) is 1.19. The fourth-order valence-electron chi connectivity index (χ4n) is 2.57. The molecule has 0 bridgehead atoms. The summed E-state index contributed by atoms with van der Waals surface area (Å²) < 4.78 is 6.15. The molecule has 0 N–H and O–H groups in total. The van der Waals surface area contributed by atoms with E-state index in [1.165, 1.54) is 10.7 Å². The van der Waals surface area contributed by atoms with Crippen molar-refractivity contribution in [2.75, 3.05) is 6.61 Å². The fourth-order valence-corrected chi connectivity index (χ4v) is 2.57. The Balaban J connectivity index is 2.03. The first-order chi connectivity index (χ1) is 11.6. The van der Waals surface area contributed by atoms with Gasteiger partial charge in [0.2, 0.25) is 0 Å². The number of hydrogen-bond donors (Lipinski definition) is 0. The molecule has 1 heterocycles. The van der Waals surface area contributed by atoms with Crippen LogP contribution in [0.5, 0.6) is 0 Å². The average molecular weight is 322 g/mol. The number of aromatic nitrogens is 2. The van der Waals surface area contributed by atoms with Gasteiger partial charge in [-0.15, -0.1) is 0 Å². The smallest absolute Gasteiger partial charge is 0.330 e. The molecule has 0 saturated heterocycles. The molecule has 5 nitrogen and oxygen atoms in total. The standard InChI is InChI=1S/C19H18N2O3/c1-3-24-19(23)13(2)21-18(22)11-10-17(20-21)16-9-8-14-6-4-5-7-15(14)12-16/h4-13H,3H2,1-2H3/t13-/m0/s1. The molecule has 2 aromatic carbocycles. The van der Waals surface area contributed by atoms with Gasteiger partial charge in [0.25, 0.3) is 5.56 Å². The molecular weight excluding hydrogens is 304 g/mol. The van der Waals surface area contributed by atoms with Crippen LogP contribution >= 0.6 is 0 Å². The highest BCUT2D eigenvalue weighted by Gasteiger charge is 2.19. The first kappa shape index (κ1) is 15.9. The molecule has 1 aromatic heterocycles. The molecule has 0 fully saturated rings. The summed E-state index contributed by atoms with van der Waals surface area (Å²) in [5.74, 6) is -0.470. The molecule has 3 aromatic rings. The number of ether oxygens (including phenoxy) is 1. The molecule has 3 rings (SSSR count). The van der Waals surface area contributed by atoms with Crippen molar-refractivity contribution in [2.45, 2.75) is 19.9 Å². The van der Waals surface area contributed by atoms with Gasteiger partial charge in [-0.2, -0.15) is 5.10 Å². The predicted octanol–water partition coefficient (Wildman–Crippen LogP) is 3.19. The molecule has 0 radical (unpaired) electrons. The SMILES string of the molecule is CCOC(=O)[C@H](C)n1nc(-c2ccc3ccccc3c2)ccc1=O. The third-order valence-corrected chi connectivity index (χ3v) is 3.86. The molecule has 1 atom stereocenters. The summed E-state index contributed by atoms with van der Waals surface area (Å²) >= 11 is 0. The molecule has 24 heavy (non-hydrogen) atoms. The third kappa shape index (κ3) is 3.06. The molecule has 0 aliphatic carbocycles. The van der Waals surface area contributed by atoms with Gasteiger partial charge in [-0.25, -0.2) is 9.48 Å². The number of nitrogens with zero attached hydrogens (tertiary/aromatic N) is 2. The number of esters is 1. The number of hydrogen-bond acceptors (Lipinski definition) is 4. The zero-order valence-electron chi connectivity index (χ0n) is 13.6. The lowest BCUT2D eigenvalue weighted by molar-refractivity contribution is -0.147. The van der Waals surface area contributed by atoms with Crippen molar-refractivity contribution in [3.8, 4) is 11.3 Å². The summed E-state index contributed by atoms with van der Waals surface area (Å²) in [6.07, 6.45) is 0. The van der Waals surface area contributed by atoms with E-state index in [0.29, 0.717) is 5.69 Å². The van der Waals surface area contributed by atoms with Crippen LogP contribution in [0.1, 0.15) is 19.9 Å². The first-order valence-electron chi connectivity index (χ1n) is 7.86. The Labute approximate surface area is 139 Å². The highest BCUT2D eigenvalue weighted by atomic mass is 16.5. The van der Waals surface area contributed by atoms with E-state index in [4.69, 9.17) is 4.74 Å². The monoisotopic (exact) mass is 322 g/mol. The van der Waals surface area contributed by atoms with Crippen LogP contribution < -0.4 is 5.56 Å². The Bertz CT molecular complexity index is 946. The fraction of sp³-hybridized carbons (Fsp3) is 0.211. The molecule has 5 heteroatoms. The second kappa shape index (κ2) is 6.66. The number of fused-ring (bicyclic) bond motifs is 1. The molecule has 0 spiro atoms. The van der Waals surface area contributed by atoms with Gasteiger partial charge in [-0.1, -0.05) is 36.4 Å².